The highest BCUT2D eigenvalue weighted by Crippen LogP contribution is 2.38. The number of aryl methyl sites for hydroxylation is 1. The molecule has 8 nitrogen and oxygen atoms in total. The van der Waals surface area contributed by atoms with Crippen molar-refractivity contribution in [3.8, 4) is 0 Å². The first-order chi connectivity index (χ1) is 14.9. The molecule has 0 atom stereocenters. The number of methoxy groups -OCH3 is 1. The lowest BCUT2D eigenvalue weighted by Crippen LogP contribution is -2.57. The highest BCUT2D eigenvalue weighted by atomic mass is 16.5. The van der Waals surface area contributed by atoms with Gasteiger partial charge in [-0.15, -0.1) is 0 Å². The second kappa shape index (κ2) is 8.59. The summed E-state index contributed by atoms with van der Waals surface area (Å²) in [6.07, 6.45) is 1.28. The Morgan fingerprint density at radius 2 is 1.87 bits per heavy atom. The third kappa shape index (κ3) is 3.83. The van der Waals surface area contributed by atoms with Crippen LogP contribution in [0.2, 0.25) is 0 Å². The molecule has 31 heavy (non-hydrogen) atoms. The number of hydrogen-bond donors (Lipinski definition) is 0. The molecule has 0 aliphatic carbocycles. The normalized spacial score (nSPS) is 19.5. The summed E-state index contributed by atoms with van der Waals surface area (Å²) < 4.78 is 7.37. The summed E-state index contributed by atoms with van der Waals surface area (Å²) in [5.74, 6) is 1.22. The Morgan fingerprint density at radius 1 is 1.16 bits per heavy atom. The number of amides is 3. The van der Waals surface area contributed by atoms with E-state index in [9.17, 15) is 9.59 Å². The Balaban J connectivity index is 1.50. The van der Waals surface area contributed by atoms with Crippen molar-refractivity contribution in [2.45, 2.75) is 38.8 Å². The Labute approximate surface area is 183 Å². The standard InChI is InChI=1S/C23H33N5O3/c1-17(2)15-27-21(29)23(28(22(27)30)13-14-31-4)9-11-26(12-10-23)16-20-24-18-7-5-6-8-19(18)25(20)3/h5-8,17H,9-16H2,1-4H3. The topological polar surface area (TPSA) is 70.9 Å². The molecule has 2 fully saturated rings. The van der Waals surface area contributed by atoms with Gasteiger partial charge in [0, 0.05) is 40.3 Å². The minimum Gasteiger partial charge on any atom is -0.383 e. The van der Waals surface area contributed by atoms with Gasteiger partial charge >= 0.3 is 6.03 Å². The number of imide groups is 1. The fourth-order valence-electron chi connectivity index (χ4n) is 4.90. The predicted octanol–water partition coefficient (Wildman–Crippen LogP) is 2.47. The number of carbonyl (C=O) groups excluding carboxylic acids is 2. The van der Waals surface area contributed by atoms with Gasteiger partial charge in [-0.3, -0.25) is 14.6 Å². The van der Waals surface area contributed by atoms with Gasteiger partial charge in [0.05, 0.1) is 24.2 Å². The summed E-state index contributed by atoms with van der Waals surface area (Å²) in [5, 5.41) is 0. The SMILES string of the molecule is COCCN1C(=O)N(CC(C)C)C(=O)C12CCN(Cc1nc3ccccc3n1C)CC2. The molecular formula is C23H33N5O3. The van der Waals surface area contributed by atoms with Crippen LogP contribution in [0.5, 0.6) is 0 Å². The third-order valence-electron chi connectivity index (χ3n) is 6.62. The molecule has 2 aromatic rings. The average molecular weight is 428 g/mol. The molecule has 2 aliphatic heterocycles. The van der Waals surface area contributed by atoms with Crippen LogP contribution in [0.15, 0.2) is 24.3 Å². The molecule has 3 heterocycles. The lowest BCUT2D eigenvalue weighted by molar-refractivity contribution is -0.136. The number of rotatable bonds is 7. The minimum absolute atomic E-state index is 0.0373. The maximum atomic E-state index is 13.4. The molecule has 0 unspecified atom stereocenters. The quantitative estimate of drug-likeness (QED) is 0.635. The fourth-order valence-corrected chi connectivity index (χ4v) is 4.90. The number of fused-ring (bicyclic) bond motifs is 1. The van der Waals surface area contributed by atoms with Gasteiger partial charge in [0.2, 0.25) is 0 Å². The first kappa shape index (κ1) is 21.8. The molecule has 2 saturated heterocycles. The summed E-state index contributed by atoms with van der Waals surface area (Å²) in [7, 11) is 3.67. The van der Waals surface area contributed by atoms with Gasteiger partial charge in [-0.25, -0.2) is 9.78 Å². The van der Waals surface area contributed by atoms with E-state index in [1.54, 1.807) is 12.0 Å². The molecule has 8 heteroatoms. The van der Waals surface area contributed by atoms with Crippen LogP contribution in [0.25, 0.3) is 11.0 Å². The van der Waals surface area contributed by atoms with Crippen molar-refractivity contribution in [3.63, 3.8) is 0 Å². The summed E-state index contributed by atoms with van der Waals surface area (Å²) in [4.78, 5) is 36.9. The van der Waals surface area contributed by atoms with Crippen molar-refractivity contribution in [2.75, 3.05) is 39.9 Å². The Kier molecular flexibility index (Phi) is 6.03. The van der Waals surface area contributed by atoms with E-state index < -0.39 is 5.54 Å². The molecule has 3 amide bonds. The molecule has 1 spiro atoms. The Bertz CT molecular complexity index is 961. The zero-order valence-corrected chi connectivity index (χ0v) is 19.0. The van der Waals surface area contributed by atoms with Gasteiger partial charge in [-0.05, 0) is 30.9 Å². The summed E-state index contributed by atoms with van der Waals surface area (Å²) in [6, 6.07) is 7.98. The van der Waals surface area contributed by atoms with Crippen molar-refractivity contribution in [3.05, 3.63) is 30.1 Å². The van der Waals surface area contributed by atoms with Crippen molar-refractivity contribution in [1.82, 2.24) is 24.3 Å². The maximum Gasteiger partial charge on any atom is 0.327 e. The average Bonchev–Trinajstić information content (AvgIpc) is 3.16. The van der Waals surface area contributed by atoms with E-state index in [4.69, 9.17) is 9.72 Å². The van der Waals surface area contributed by atoms with Crippen LogP contribution in [0.1, 0.15) is 32.5 Å². The lowest BCUT2D eigenvalue weighted by Gasteiger charge is -2.42. The van der Waals surface area contributed by atoms with E-state index in [0.29, 0.717) is 32.5 Å². The van der Waals surface area contributed by atoms with Crippen LogP contribution in [-0.4, -0.2) is 81.6 Å². The molecule has 0 radical (unpaired) electrons. The zero-order valence-electron chi connectivity index (χ0n) is 19.0. The highest BCUT2D eigenvalue weighted by molar-refractivity contribution is 6.07. The van der Waals surface area contributed by atoms with Crippen LogP contribution < -0.4 is 0 Å². The predicted molar refractivity (Wildman–Crippen MR) is 118 cm³/mol. The van der Waals surface area contributed by atoms with Crippen molar-refractivity contribution in [2.24, 2.45) is 13.0 Å². The number of ether oxygens (including phenoxy) is 1. The molecule has 0 N–H and O–H groups in total. The molecule has 1 aromatic heterocycles. The number of carbonyl (C=O) groups is 2. The monoisotopic (exact) mass is 427 g/mol. The van der Waals surface area contributed by atoms with Crippen molar-refractivity contribution in [1.29, 1.82) is 0 Å². The number of para-hydroxylation sites is 2. The van der Waals surface area contributed by atoms with Crippen LogP contribution in [0.3, 0.4) is 0 Å². The molecular weight excluding hydrogens is 394 g/mol. The van der Waals surface area contributed by atoms with Gasteiger partial charge < -0.3 is 14.2 Å². The van der Waals surface area contributed by atoms with Gasteiger partial charge in [0.15, 0.2) is 0 Å². The number of nitrogens with zero attached hydrogens (tertiary/aromatic N) is 5. The summed E-state index contributed by atoms with van der Waals surface area (Å²) in [5.41, 5.74) is 1.38. The lowest BCUT2D eigenvalue weighted by atomic mass is 9.85. The van der Waals surface area contributed by atoms with Crippen LogP contribution in [-0.2, 0) is 23.1 Å². The summed E-state index contributed by atoms with van der Waals surface area (Å²) >= 11 is 0. The molecule has 2 aliphatic rings. The maximum absolute atomic E-state index is 13.4. The highest BCUT2D eigenvalue weighted by Gasteiger charge is 2.57. The molecule has 0 saturated carbocycles. The molecule has 1 aromatic carbocycles. The summed E-state index contributed by atoms with van der Waals surface area (Å²) in [6.45, 7) is 7.64. The van der Waals surface area contributed by atoms with Gasteiger partial charge in [-0.2, -0.15) is 0 Å². The smallest absolute Gasteiger partial charge is 0.327 e. The van der Waals surface area contributed by atoms with E-state index in [0.717, 1.165) is 36.5 Å². The van der Waals surface area contributed by atoms with Crippen LogP contribution in [0.4, 0.5) is 4.79 Å². The second-order valence-corrected chi connectivity index (χ2v) is 9.12. The van der Waals surface area contributed by atoms with Crippen molar-refractivity contribution < 1.29 is 14.3 Å². The Hall–Kier alpha value is -2.45. The molecule has 0 bridgehead atoms. The minimum atomic E-state index is -0.743. The number of aromatic nitrogens is 2. The van der Waals surface area contributed by atoms with Gasteiger partial charge in [-0.1, -0.05) is 26.0 Å². The van der Waals surface area contributed by atoms with E-state index >= 15 is 0 Å². The molecule has 168 valence electrons. The van der Waals surface area contributed by atoms with E-state index in [1.165, 1.54) is 4.90 Å². The third-order valence-corrected chi connectivity index (χ3v) is 6.62. The number of piperidine rings is 1. The van der Waals surface area contributed by atoms with Crippen molar-refractivity contribution >= 4 is 23.0 Å². The van der Waals surface area contributed by atoms with E-state index in [2.05, 4.69) is 15.5 Å². The molecule has 4 rings (SSSR count). The van der Waals surface area contributed by atoms with E-state index in [-0.39, 0.29) is 17.9 Å². The van der Waals surface area contributed by atoms with Gasteiger partial charge in [0.25, 0.3) is 5.91 Å². The zero-order chi connectivity index (χ0) is 22.2. The number of benzene rings is 1. The first-order valence-electron chi connectivity index (χ1n) is 11.1. The fraction of sp³-hybridized carbons (Fsp3) is 0.609. The van der Waals surface area contributed by atoms with Gasteiger partial charge in [0.1, 0.15) is 11.4 Å². The number of hydrogen-bond acceptors (Lipinski definition) is 5. The Morgan fingerprint density at radius 3 is 2.52 bits per heavy atom. The van der Waals surface area contributed by atoms with Crippen LogP contribution in [0, 0.1) is 5.92 Å². The largest absolute Gasteiger partial charge is 0.383 e. The number of urea groups is 1. The first-order valence-corrected chi connectivity index (χ1v) is 11.1. The number of likely N-dealkylation sites (tertiary alicyclic amines) is 1. The van der Waals surface area contributed by atoms with Crippen LogP contribution >= 0.6 is 0 Å². The number of imidazole rings is 1. The van der Waals surface area contributed by atoms with E-state index in [1.807, 2.05) is 39.1 Å². The second-order valence-electron chi connectivity index (χ2n) is 9.12.